The molecule has 1 aromatic rings. The third-order valence-corrected chi connectivity index (χ3v) is 7.09. The molecule has 2 rings (SSSR count). The van der Waals surface area contributed by atoms with Crippen molar-refractivity contribution in [2.45, 2.75) is 45.1 Å². The zero-order valence-corrected chi connectivity index (χ0v) is 17.6. The van der Waals surface area contributed by atoms with Crippen molar-refractivity contribution in [1.29, 1.82) is 0 Å². The minimum atomic E-state index is -3.54. The highest BCUT2D eigenvalue weighted by Gasteiger charge is 2.33. The van der Waals surface area contributed by atoms with Gasteiger partial charge >= 0.3 is 0 Å². The minimum absolute atomic E-state index is 0. The van der Waals surface area contributed by atoms with E-state index in [2.05, 4.69) is 0 Å². The predicted octanol–water partition coefficient (Wildman–Crippen LogP) is 1.93. The molecule has 0 aromatic heterocycles. The first-order chi connectivity index (χ1) is 11.7. The van der Waals surface area contributed by atoms with E-state index in [1.165, 1.54) is 4.31 Å². The van der Waals surface area contributed by atoms with Crippen LogP contribution < -0.4 is 5.73 Å². The molecule has 1 fully saturated rings. The summed E-state index contributed by atoms with van der Waals surface area (Å²) in [6.07, 6.45) is 0.841. The van der Waals surface area contributed by atoms with Crippen molar-refractivity contribution in [2.24, 2.45) is 11.7 Å². The molecule has 26 heavy (non-hydrogen) atoms. The fraction of sp³-hybridized carbons (Fsp3) is 0.611. The second kappa shape index (κ2) is 9.17. The molecule has 1 aliphatic heterocycles. The Labute approximate surface area is 163 Å². The lowest BCUT2D eigenvalue weighted by molar-refractivity contribution is -0.134. The van der Waals surface area contributed by atoms with Gasteiger partial charge in [0, 0.05) is 26.2 Å². The van der Waals surface area contributed by atoms with Crippen LogP contribution >= 0.6 is 12.4 Å². The summed E-state index contributed by atoms with van der Waals surface area (Å²) in [5.41, 5.74) is 7.68. The fourth-order valence-electron chi connectivity index (χ4n) is 2.98. The summed E-state index contributed by atoms with van der Waals surface area (Å²) >= 11 is 0. The van der Waals surface area contributed by atoms with Gasteiger partial charge in [-0.05, 0) is 37.0 Å². The Morgan fingerprint density at radius 3 is 2.31 bits per heavy atom. The summed E-state index contributed by atoms with van der Waals surface area (Å²) in [6.45, 7) is 9.02. The van der Waals surface area contributed by atoms with Crippen LogP contribution in [0.25, 0.3) is 0 Å². The molecular weight excluding hydrogens is 374 g/mol. The van der Waals surface area contributed by atoms with Gasteiger partial charge < -0.3 is 10.6 Å². The Kier molecular flexibility index (Phi) is 8.07. The van der Waals surface area contributed by atoms with Crippen LogP contribution in [-0.4, -0.2) is 55.8 Å². The number of nitrogens with zero attached hydrogens (tertiary/aromatic N) is 2. The maximum atomic E-state index is 12.9. The van der Waals surface area contributed by atoms with Crippen LogP contribution in [0, 0.1) is 19.8 Å². The summed E-state index contributed by atoms with van der Waals surface area (Å²) in [4.78, 5) is 14.5. The van der Waals surface area contributed by atoms with Crippen LogP contribution in [0.2, 0.25) is 0 Å². The molecule has 0 bridgehead atoms. The largest absolute Gasteiger partial charge is 0.339 e. The molecule has 1 heterocycles. The standard InChI is InChI=1S/C18H29N3O3S.ClH/c1-5-14(3)17(19)18(22)20-8-10-21(11-9-20)25(23,24)16-12-13(2)6-7-15(16)4;/h6-7,12,14,17H,5,8-11,19H2,1-4H3;1H. The molecule has 0 aliphatic carbocycles. The number of nitrogens with two attached hydrogens (primary N) is 1. The van der Waals surface area contributed by atoms with Crippen molar-refractivity contribution >= 4 is 28.3 Å². The summed E-state index contributed by atoms with van der Waals surface area (Å²) in [6, 6.07) is 4.92. The van der Waals surface area contributed by atoms with Crippen molar-refractivity contribution in [2.75, 3.05) is 26.2 Å². The molecule has 148 valence electrons. The molecular formula is C18H30ClN3O3S. The highest BCUT2D eigenvalue weighted by molar-refractivity contribution is 7.89. The molecule has 1 aromatic carbocycles. The number of rotatable bonds is 5. The second-order valence-corrected chi connectivity index (χ2v) is 8.82. The monoisotopic (exact) mass is 403 g/mol. The topological polar surface area (TPSA) is 83.7 Å². The minimum Gasteiger partial charge on any atom is -0.339 e. The van der Waals surface area contributed by atoms with Gasteiger partial charge in [0.05, 0.1) is 10.9 Å². The molecule has 6 nitrogen and oxygen atoms in total. The molecule has 2 atom stereocenters. The Hall–Kier alpha value is -1.15. The number of amides is 1. The fourth-order valence-corrected chi connectivity index (χ4v) is 4.71. The molecule has 1 amide bonds. The van der Waals surface area contributed by atoms with E-state index in [0.717, 1.165) is 17.5 Å². The Morgan fingerprint density at radius 2 is 1.77 bits per heavy atom. The normalized spacial score (nSPS) is 18.1. The number of hydrogen-bond donors (Lipinski definition) is 1. The first kappa shape index (κ1) is 22.9. The van der Waals surface area contributed by atoms with Gasteiger partial charge in [-0.1, -0.05) is 32.4 Å². The van der Waals surface area contributed by atoms with Crippen LogP contribution in [0.15, 0.2) is 23.1 Å². The SMILES string of the molecule is CCC(C)C(N)C(=O)N1CCN(S(=O)(=O)c2cc(C)ccc2C)CC1.Cl. The first-order valence-corrected chi connectivity index (χ1v) is 10.2. The molecule has 0 spiro atoms. The average Bonchev–Trinajstić information content (AvgIpc) is 2.61. The number of carbonyl (C=O) groups is 1. The number of halogens is 1. The number of carbonyl (C=O) groups excluding carboxylic acids is 1. The van der Waals surface area contributed by atoms with Crippen molar-refractivity contribution in [3.63, 3.8) is 0 Å². The smallest absolute Gasteiger partial charge is 0.243 e. The summed E-state index contributed by atoms with van der Waals surface area (Å²) in [7, 11) is -3.54. The lowest BCUT2D eigenvalue weighted by Gasteiger charge is -2.36. The zero-order valence-electron chi connectivity index (χ0n) is 15.9. The third-order valence-electron chi connectivity index (χ3n) is 5.05. The lowest BCUT2D eigenvalue weighted by Crippen LogP contribution is -2.55. The van der Waals surface area contributed by atoms with E-state index in [9.17, 15) is 13.2 Å². The van der Waals surface area contributed by atoms with E-state index in [1.54, 1.807) is 17.9 Å². The highest BCUT2D eigenvalue weighted by Crippen LogP contribution is 2.22. The molecule has 8 heteroatoms. The van der Waals surface area contributed by atoms with Gasteiger partial charge in [0.1, 0.15) is 0 Å². The van der Waals surface area contributed by atoms with Crippen LogP contribution in [0.1, 0.15) is 31.4 Å². The van der Waals surface area contributed by atoms with Gasteiger partial charge in [-0.25, -0.2) is 8.42 Å². The Morgan fingerprint density at radius 1 is 1.19 bits per heavy atom. The predicted molar refractivity (Wildman–Crippen MR) is 106 cm³/mol. The average molecular weight is 404 g/mol. The number of benzene rings is 1. The van der Waals surface area contributed by atoms with Crippen molar-refractivity contribution in [1.82, 2.24) is 9.21 Å². The van der Waals surface area contributed by atoms with E-state index in [0.29, 0.717) is 31.1 Å². The first-order valence-electron chi connectivity index (χ1n) is 8.80. The van der Waals surface area contributed by atoms with Gasteiger partial charge in [0.2, 0.25) is 15.9 Å². The second-order valence-electron chi connectivity index (χ2n) is 6.91. The van der Waals surface area contributed by atoms with Gasteiger partial charge in [-0.2, -0.15) is 4.31 Å². The highest BCUT2D eigenvalue weighted by atomic mass is 35.5. The molecule has 2 N–H and O–H groups in total. The van der Waals surface area contributed by atoms with Crippen LogP contribution in [0.3, 0.4) is 0 Å². The Bertz CT molecular complexity index is 731. The number of aryl methyl sites for hydroxylation is 2. The zero-order chi connectivity index (χ0) is 18.8. The van der Waals surface area contributed by atoms with Crippen LogP contribution in [0.4, 0.5) is 0 Å². The van der Waals surface area contributed by atoms with E-state index in [4.69, 9.17) is 5.73 Å². The van der Waals surface area contributed by atoms with Gasteiger partial charge in [-0.15, -0.1) is 12.4 Å². The van der Waals surface area contributed by atoms with E-state index < -0.39 is 16.1 Å². The molecule has 1 aliphatic rings. The third kappa shape index (κ3) is 4.76. The summed E-state index contributed by atoms with van der Waals surface area (Å²) in [5, 5.41) is 0. The van der Waals surface area contributed by atoms with E-state index in [1.807, 2.05) is 32.9 Å². The van der Waals surface area contributed by atoms with Gasteiger partial charge in [-0.3, -0.25) is 4.79 Å². The number of piperazine rings is 1. The molecule has 0 radical (unpaired) electrons. The van der Waals surface area contributed by atoms with Crippen molar-refractivity contribution in [3.8, 4) is 0 Å². The molecule has 1 saturated heterocycles. The lowest BCUT2D eigenvalue weighted by atomic mass is 9.99. The molecule has 2 unspecified atom stereocenters. The number of sulfonamides is 1. The summed E-state index contributed by atoms with van der Waals surface area (Å²) < 4.78 is 27.3. The molecule has 0 saturated carbocycles. The van der Waals surface area contributed by atoms with Gasteiger partial charge in [0.25, 0.3) is 0 Å². The maximum Gasteiger partial charge on any atom is 0.243 e. The quantitative estimate of drug-likeness (QED) is 0.814. The van der Waals surface area contributed by atoms with Crippen LogP contribution in [-0.2, 0) is 14.8 Å². The van der Waals surface area contributed by atoms with Crippen LogP contribution in [0.5, 0.6) is 0 Å². The van der Waals surface area contributed by atoms with Crippen molar-refractivity contribution < 1.29 is 13.2 Å². The Balaban J connectivity index is 0.00000338. The van der Waals surface area contributed by atoms with E-state index >= 15 is 0 Å². The van der Waals surface area contributed by atoms with E-state index in [-0.39, 0.29) is 24.2 Å². The van der Waals surface area contributed by atoms with Gasteiger partial charge in [0.15, 0.2) is 0 Å². The summed E-state index contributed by atoms with van der Waals surface area (Å²) in [5.74, 6) is 0.0299. The number of hydrogen-bond acceptors (Lipinski definition) is 4. The van der Waals surface area contributed by atoms with Crippen molar-refractivity contribution in [3.05, 3.63) is 29.3 Å². The maximum absolute atomic E-state index is 12.9.